The molecule has 1 aliphatic heterocycles. The highest BCUT2D eigenvalue weighted by Gasteiger charge is 2.10. The molecule has 25 heavy (non-hydrogen) atoms. The van der Waals surface area contributed by atoms with E-state index in [0.717, 1.165) is 13.1 Å². The van der Waals surface area contributed by atoms with Crippen LogP contribution in [0, 0.1) is 0 Å². The zero-order valence-corrected chi connectivity index (χ0v) is 15.3. The van der Waals surface area contributed by atoms with Crippen LogP contribution in [0.4, 0.5) is 0 Å². The number of nitrogens with one attached hydrogen (secondary N) is 1. The van der Waals surface area contributed by atoms with E-state index in [0.29, 0.717) is 12.0 Å². The second-order valence-electron chi connectivity index (χ2n) is 5.45. The summed E-state index contributed by atoms with van der Waals surface area (Å²) in [5, 5.41) is 2.70. The van der Waals surface area contributed by atoms with Crippen LogP contribution < -0.4 is 5.32 Å². The number of allylic oxidation sites excluding steroid dienone is 5. The predicted molar refractivity (Wildman–Crippen MR) is 100 cm³/mol. The van der Waals surface area contributed by atoms with Gasteiger partial charge in [0.05, 0.1) is 0 Å². The third-order valence-electron chi connectivity index (χ3n) is 3.53. The number of rotatable bonds is 6. The summed E-state index contributed by atoms with van der Waals surface area (Å²) in [4.78, 5) is 24.7. The van der Waals surface area contributed by atoms with Gasteiger partial charge < -0.3 is 14.6 Å². The van der Waals surface area contributed by atoms with Gasteiger partial charge in [-0.25, -0.2) is 0 Å². The standard InChI is InChI=1S/C18H22N2O3.C2H6/c1-15(19-18(22)17-10-9-16(14-21)23-17)8-4-2-5-11-20-12-6-3-7-13-20;1-2/h2,4-5,8-11,14H,3,6-7,12-13H2,1H3,(H,19,22);1-2H3/b4-2-,11-5+,15-8+;. The maximum absolute atomic E-state index is 11.9. The van der Waals surface area contributed by atoms with Crippen molar-refractivity contribution in [2.75, 3.05) is 13.1 Å². The Bertz CT molecular complexity index is 621. The Balaban J connectivity index is 0.00000151. The van der Waals surface area contributed by atoms with Crippen LogP contribution in [0.5, 0.6) is 0 Å². The Morgan fingerprint density at radius 3 is 2.48 bits per heavy atom. The summed E-state index contributed by atoms with van der Waals surface area (Å²) in [6.07, 6.45) is 14.1. The van der Waals surface area contributed by atoms with Crippen LogP contribution in [0.15, 0.2) is 52.8 Å². The van der Waals surface area contributed by atoms with Crippen molar-refractivity contribution in [1.29, 1.82) is 0 Å². The van der Waals surface area contributed by atoms with Gasteiger partial charge >= 0.3 is 0 Å². The van der Waals surface area contributed by atoms with Gasteiger partial charge in [-0.3, -0.25) is 9.59 Å². The van der Waals surface area contributed by atoms with E-state index in [1.807, 2.05) is 38.2 Å². The van der Waals surface area contributed by atoms with Gasteiger partial charge in [-0.1, -0.05) is 26.0 Å². The number of hydrogen-bond acceptors (Lipinski definition) is 4. The summed E-state index contributed by atoms with van der Waals surface area (Å²) < 4.78 is 5.06. The third-order valence-corrected chi connectivity index (χ3v) is 3.53. The van der Waals surface area contributed by atoms with Crippen molar-refractivity contribution in [2.24, 2.45) is 0 Å². The molecule has 1 aliphatic rings. The molecular weight excluding hydrogens is 316 g/mol. The molecule has 0 bridgehead atoms. The molecule has 1 aromatic heterocycles. The number of hydrogen-bond donors (Lipinski definition) is 1. The molecule has 0 atom stereocenters. The molecule has 0 aliphatic carbocycles. The largest absolute Gasteiger partial charge is 0.448 e. The first-order chi connectivity index (χ1) is 12.2. The molecule has 1 saturated heterocycles. The van der Waals surface area contributed by atoms with Crippen LogP contribution in [0.3, 0.4) is 0 Å². The van der Waals surface area contributed by atoms with Crippen LogP contribution in [0.1, 0.15) is 61.1 Å². The van der Waals surface area contributed by atoms with Crippen molar-refractivity contribution in [3.8, 4) is 0 Å². The SMILES string of the molecule is CC.C\C(=C/C=C\C=C\N1CCCCC1)NC(=O)c1ccc(C=O)o1. The minimum Gasteiger partial charge on any atom is -0.448 e. The summed E-state index contributed by atoms with van der Waals surface area (Å²) in [5.41, 5.74) is 0.696. The quantitative estimate of drug-likeness (QED) is 0.617. The number of furan rings is 1. The number of likely N-dealkylation sites (tertiary alicyclic amines) is 1. The lowest BCUT2D eigenvalue weighted by Crippen LogP contribution is -2.23. The normalized spacial score (nSPS) is 15.2. The topological polar surface area (TPSA) is 62.6 Å². The molecular formula is C20H28N2O3. The first-order valence-electron chi connectivity index (χ1n) is 8.81. The van der Waals surface area contributed by atoms with Crippen molar-refractivity contribution in [2.45, 2.75) is 40.0 Å². The molecule has 2 heterocycles. The Hall–Kier alpha value is -2.56. The molecule has 5 heteroatoms. The Labute approximate surface area is 150 Å². The van der Waals surface area contributed by atoms with E-state index in [1.54, 1.807) is 6.92 Å². The van der Waals surface area contributed by atoms with E-state index < -0.39 is 0 Å². The van der Waals surface area contributed by atoms with E-state index in [9.17, 15) is 9.59 Å². The smallest absolute Gasteiger partial charge is 0.291 e. The minimum absolute atomic E-state index is 0.119. The van der Waals surface area contributed by atoms with E-state index >= 15 is 0 Å². The van der Waals surface area contributed by atoms with Crippen molar-refractivity contribution in [3.63, 3.8) is 0 Å². The Kier molecular flexibility index (Phi) is 9.75. The average molecular weight is 344 g/mol. The number of aldehydes is 1. The molecule has 0 unspecified atom stereocenters. The summed E-state index contributed by atoms with van der Waals surface area (Å²) >= 11 is 0. The van der Waals surface area contributed by atoms with E-state index in [4.69, 9.17) is 4.42 Å². The molecule has 0 aromatic carbocycles. The molecule has 1 fully saturated rings. The van der Waals surface area contributed by atoms with E-state index in [-0.39, 0.29) is 17.4 Å². The van der Waals surface area contributed by atoms with Gasteiger partial charge in [-0.05, 0) is 56.7 Å². The van der Waals surface area contributed by atoms with Crippen LogP contribution in [-0.4, -0.2) is 30.2 Å². The highest BCUT2D eigenvalue weighted by atomic mass is 16.4. The van der Waals surface area contributed by atoms with E-state index in [1.165, 1.54) is 31.4 Å². The first-order valence-corrected chi connectivity index (χ1v) is 8.81. The fraction of sp³-hybridized carbons (Fsp3) is 0.400. The van der Waals surface area contributed by atoms with Gasteiger partial charge in [-0.2, -0.15) is 0 Å². The van der Waals surface area contributed by atoms with Crippen LogP contribution in [0.2, 0.25) is 0 Å². The summed E-state index contributed by atoms with van der Waals surface area (Å²) in [6.45, 7) is 8.04. The van der Waals surface area contributed by atoms with Crippen molar-refractivity contribution in [3.05, 3.63) is 59.9 Å². The van der Waals surface area contributed by atoms with Gasteiger partial charge in [0, 0.05) is 18.8 Å². The molecule has 0 spiro atoms. The molecule has 0 radical (unpaired) electrons. The number of carbonyl (C=O) groups is 2. The fourth-order valence-corrected chi connectivity index (χ4v) is 2.32. The molecule has 136 valence electrons. The summed E-state index contributed by atoms with van der Waals surface area (Å²) in [5.74, 6) is -0.113. The van der Waals surface area contributed by atoms with Crippen molar-refractivity contribution in [1.82, 2.24) is 10.2 Å². The van der Waals surface area contributed by atoms with E-state index in [2.05, 4.69) is 16.4 Å². The predicted octanol–water partition coefficient (Wildman–Crippen LogP) is 4.31. The van der Waals surface area contributed by atoms with Gasteiger partial charge in [0.2, 0.25) is 0 Å². The highest BCUT2D eigenvalue weighted by Crippen LogP contribution is 2.08. The summed E-state index contributed by atoms with van der Waals surface area (Å²) in [7, 11) is 0. The zero-order chi connectivity index (χ0) is 18.5. The average Bonchev–Trinajstić information content (AvgIpc) is 3.13. The third kappa shape index (κ3) is 7.70. The van der Waals surface area contributed by atoms with Gasteiger partial charge in [0.25, 0.3) is 5.91 Å². The lowest BCUT2D eigenvalue weighted by Gasteiger charge is -2.24. The molecule has 1 aromatic rings. The van der Waals surface area contributed by atoms with Crippen LogP contribution in [0.25, 0.3) is 0 Å². The highest BCUT2D eigenvalue weighted by molar-refractivity contribution is 5.93. The zero-order valence-electron chi connectivity index (χ0n) is 15.3. The monoisotopic (exact) mass is 344 g/mol. The maximum Gasteiger partial charge on any atom is 0.291 e. The van der Waals surface area contributed by atoms with Crippen LogP contribution in [-0.2, 0) is 0 Å². The van der Waals surface area contributed by atoms with Gasteiger partial charge in [0.15, 0.2) is 17.8 Å². The lowest BCUT2D eigenvalue weighted by molar-refractivity contribution is 0.0935. The first kappa shape index (κ1) is 20.5. The molecule has 0 saturated carbocycles. The molecule has 1 amide bonds. The van der Waals surface area contributed by atoms with Gasteiger partial charge in [-0.15, -0.1) is 0 Å². The Morgan fingerprint density at radius 1 is 1.12 bits per heavy atom. The fourth-order valence-electron chi connectivity index (χ4n) is 2.32. The minimum atomic E-state index is -0.371. The van der Waals surface area contributed by atoms with Crippen molar-refractivity contribution < 1.29 is 14.0 Å². The number of amides is 1. The number of carbonyl (C=O) groups excluding carboxylic acids is 2. The summed E-state index contributed by atoms with van der Waals surface area (Å²) in [6, 6.07) is 2.94. The maximum atomic E-state index is 11.9. The number of nitrogens with zero attached hydrogens (tertiary/aromatic N) is 1. The molecule has 2 rings (SSSR count). The molecule has 1 N–H and O–H groups in total. The number of piperidine rings is 1. The van der Waals surface area contributed by atoms with Crippen molar-refractivity contribution >= 4 is 12.2 Å². The lowest BCUT2D eigenvalue weighted by atomic mass is 10.1. The van der Waals surface area contributed by atoms with Crippen LogP contribution >= 0.6 is 0 Å². The second-order valence-corrected chi connectivity index (χ2v) is 5.45. The second kappa shape index (κ2) is 11.9. The van der Waals surface area contributed by atoms with Gasteiger partial charge in [0.1, 0.15) is 0 Å². The molecule has 5 nitrogen and oxygen atoms in total. The Morgan fingerprint density at radius 2 is 1.84 bits per heavy atom.